The van der Waals surface area contributed by atoms with Gasteiger partial charge in [0.1, 0.15) is 5.82 Å². The van der Waals surface area contributed by atoms with E-state index < -0.39 is 0 Å². The summed E-state index contributed by atoms with van der Waals surface area (Å²) in [6, 6.07) is 12.3. The Morgan fingerprint density at radius 2 is 1.78 bits per heavy atom. The number of benzene rings is 1. The molecule has 2 aromatic heterocycles. The van der Waals surface area contributed by atoms with Gasteiger partial charge in [0.15, 0.2) is 0 Å². The second-order valence-electron chi connectivity index (χ2n) is 7.08. The molecule has 0 bridgehead atoms. The van der Waals surface area contributed by atoms with Crippen LogP contribution in [0.3, 0.4) is 0 Å². The molecule has 0 spiro atoms. The number of hydrogen-bond acceptors (Lipinski definition) is 5. The van der Waals surface area contributed by atoms with Crippen molar-refractivity contribution in [1.82, 2.24) is 20.6 Å². The molecule has 140 valence electrons. The van der Waals surface area contributed by atoms with E-state index in [2.05, 4.69) is 44.1 Å². The summed E-state index contributed by atoms with van der Waals surface area (Å²) in [6.07, 6.45) is 8.95. The number of aromatic nitrogens is 2. The molecule has 0 unspecified atom stereocenters. The SMILES string of the molecule is C1CCNCC1.c1ccc2ncc(Nc3nccc4c3CCNC4)cc2c1. The van der Waals surface area contributed by atoms with Crippen molar-refractivity contribution in [1.29, 1.82) is 0 Å². The average molecular weight is 361 g/mol. The minimum atomic E-state index is 0.919. The first-order chi connectivity index (χ1) is 13.4. The predicted octanol–water partition coefficient (Wildman–Crippen LogP) is 3.78. The molecule has 5 heteroatoms. The number of para-hydroxylation sites is 1. The van der Waals surface area contributed by atoms with Crippen molar-refractivity contribution in [3.8, 4) is 0 Å². The molecule has 5 nitrogen and oxygen atoms in total. The number of pyridine rings is 2. The number of nitrogens with one attached hydrogen (secondary N) is 3. The number of fused-ring (bicyclic) bond motifs is 2. The molecule has 1 saturated heterocycles. The zero-order valence-electron chi connectivity index (χ0n) is 15.7. The maximum absolute atomic E-state index is 4.50. The van der Waals surface area contributed by atoms with Crippen LogP contribution in [0, 0.1) is 0 Å². The first-order valence-electron chi connectivity index (χ1n) is 9.90. The number of nitrogens with zero attached hydrogens (tertiary/aromatic N) is 2. The fourth-order valence-electron chi connectivity index (χ4n) is 3.60. The lowest BCUT2D eigenvalue weighted by Crippen LogP contribution is -2.24. The Morgan fingerprint density at radius 3 is 2.59 bits per heavy atom. The van der Waals surface area contributed by atoms with E-state index in [4.69, 9.17) is 0 Å². The summed E-state index contributed by atoms with van der Waals surface area (Å²) in [5, 5.41) is 11.2. The van der Waals surface area contributed by atoms with E-state index >= 15 is 0 Å². The first kappa shape index (κ1) is 17.9. The maximum atomic E-state index is 4.50. The summed E-state index contributed by atoms with van der Waals surface area (Å²) in [5.41, 5.74) is 4.63. The molecular weight excluding hydrogens is 334 g/mol. The highest BCUT2D eigenvalue weighted by Crippen LogP contribution is 2.25. The van der Waals surface area contributed by atoms with Crippen LogP contribution in [0.4, 0.5) is 11.5 Å². The quantitative estimate of drug-likeness (QED) is 0.648. The zero-order valence-corrected chi connectivity index (χ0v) is 15.7. The van der Waals surface area contributed by atoms with Gasteiger partial charge < -0.3 is 16.0 Å². The summed E-state index contributed by atoms with van der Waals surface area (Å²) in [5.74, 6) is 0.950. The molecule has 2 aliphatic rings. The topological polar surface area (TPSA) is 61.9 Å². The number of hydrogen-bond donors (Lipinski definition) is 3. The lowest BCUT2D eigenvalue weighted by Gasteiger charge is -2.20. The summed E-state index contributed by atoms with van der Waals surface area (Å²) in [7, 11) is 0. The van der Waals surface area contributed by atoms with E-state index in [1.54, 1.807) is 0 Å². The molecule has 2 aliphatic heterocycles. The molecule has 5 rings (SSSR count). The van der Waals surface area contributed by atoms with Crippen molar-refractivity contribution < 1.29 is 0 Å². The molecule has 1 fully saturated rings. The monoisotopic (exact) mass is 361 g/mol. The van der Waals surface area contributed by atoms with Crippen molar-refractivity contribution >= 4 is 22.4 Å². The number of anilines is 2. The number of rotatable bonds is 2. The molecule has 0 aliphatic carbocycles. The predicted molar refractivity (Wildman–Crippen MR) is 111 cm³/mol. The second-order valence-corrected chi connectivity index (χ2v) is 7.08. The second kappa shape index (κ2) is 8.93. The summed E-state index contributed by atoms with van der Waals surface area (Å²) in [6.45, 7) is 4.42. The van der Waals surface area contributed by atoms with Crippen LogP contribution < -0.4 is 16.0 Å². The fraction of sp³-hybridized carbons (Fsp3) is 0.364. The van der Waals surface area contributed by atoms with Gasteiger partial charge in [0.05, 0.1) is 17.4 Å². The van der Waals surface area contributed by atoms with Crippen LogP contribution in [0.15, 0.2) is 48.8 Å². The maximum Gasteiger partial charge on any atom is 0.133 e. The van der Waals surface area contributed by atoms with Crippen molar-refractivity contribution in [2.45, 2.75) is 32.2 Å². The van der Waals surface area contributed by atoms with Gasteiger partial charge in [0.2, 0.25) is 0 Å². The van der Waals surface area contributed by atoms with Gasteiger partial charge in [-0.3, -0.25) is 4.98 Å². The van der Waals surface area contributed by atoms with Gasteiger partial charge in [-0.1, -0.05) is 24.6 Å². The Bertz CT molecular complexity index is 877. The fourth-order valence-corrected chi connectivity index (χ4v) is 3.60. The van der Waals surface area contributed by atoms with Gasteiger partial charge in [0, 0.05) is 23.7 Å². The van der Waals surface area contributed by atoms with Gasteiger partial charge >= 0.3 is 0 Å². The number of piperidine rings is 1. The average Bonchev–Trinajstić information content (AvgIpc) is 2.76. The van der Waals surface area contributed by atoms with Gasteiger partial charge in [-0.25, -0.2) is 4.98 Å². The molecule has 3 aromatic rings. The molecule has 0 saturated carbocycles. The lowest BCUT2D eigenvalue weighted by molar-refractivity contribution is 0.520. The zero-order chi connectivity index (χ0) is 18.3. The smallest absolute Gasteiger partial charge is 0.133 e. The van der Waals surface area contributed by atoms with Crippen LogP contribution in [-0.2, 0) is 13.0 Å². The molecule has 0 radical (unpaired) electrons. The molecule has 4 heterocycles. The molecule has 3 N–H and O–H groups in total. The normalized spacial score (nSPS) is 16.1. The van der Waals surface area contributed by atoms with E-state index in [-0.39, 0.29) is 0 Å². The molecular formula is C22H27N5. The van der Waals surface area contributed by atoms with E-state index in [0.29, 0.717) is 0 Å². The largest absolute Gasteiger partial charge is 0.339 e. The standard InChI is InChI=1S/C17H16N4.C5H11N/c1-2-4-16-12(3-1)9-14(11-20-16)21-17-15-6-7-18-10-13(15)5-8-19-17;1-2-4-6-5-3-1/h1-5,8-9,11,18H,6-7,10H2,(H,19,21);6H,1-5H2. The van der Waals surface area contributed by atoms with Crippen LogP contribution in [0.2, 0.25) is 0 Å². The van der Waals surface area contributed by atoms with Crippen molar-refractivity contribution in [3.63, 3.8) is 0 Å². The minimum Gasteiger partial charge on any atom is -0.339 e. The Morgan fingerprint density at radius 1 is 0.889 bits per heavy atom. The van der Waals surface area contributed by atoms with Gasteiger partial charge in [-0.05, 0) is 62.7 Å². The summed E-state index contributed by atoms with van der Waals surface area (Å²) >= 11 is 0. The van der Waals surface area contributed by atoms with Gasteiger partial charge in [-0.2, -0.15) is 0 Å². The van der Waals surface area contributed by atoms with E-state index in [9.17, 15) is 0 Å². The first-order valence-corrected chi connectivity index (χ1v) is 9.90. The lowest BCUT2D eigenvalue weighted by atomic mass is 10.0. The van der Waals surface area contributed by atoms with Crippen LogP contribution in [-0.4, -0.2) is 29.6 Å². The van der Waals surface area contributed by atoms with E-state index in [1.807, 2.05) is 30.6 Å². The Balaban J connectivity index is 0.000000257. The van der Waals surface area contributed by atoms with Crippen molar-refractivity contribution in [2.75, 3.05) is 25.0 Å². The third kappa shape index (κ3) is 4.62. The summed E-state index contributed by atoms with van der Waals surface area (Å²) < 4.78 is 0. The minimum absolute atomic E-state index is 0.919. The summed E-state index contributed by atoms with van der Waals surface area (Å²) in [4.78, 5) is 8.99. The van der Waals surface area contributed by atoms with Crippen molar-refractivity contribution in [3.05, 3.63) is 59.9 Å². The van der Waals surface area contributed by atoms with Crippen LogP contribution >= 0.6 is 0 Å². The Labute approximate surface area is 160 Å². The Kier molecular flexibility index (Phi) is 5.92. The third-order valence-corrected chi connectivity index (χ3v) is 5.08. The molecule has 1 aromatic carbocycles. The van der Waals surface area contributed by atoms with Gasteiger partial charge in [0.25, 0.3) is 0 Å². The van der Waals surface area contributed by atoms with Gasteiger partial charge in [-0.15, -0.1) is 0 Å². The van der Waals surface area contributed by atoms with Crippen LogP contribution in [0.5, 0.6) is 0 Å². The highest BCUT2D eigenvalue weighted by Gasteiger charge is 2.13. The van der Waals surface area contributed by atoms with Crippen LogP contribution in [0.1, 0.15) is 30.4 Å². The molecule has 0 amide bonds. The van der Waals surface area contributed by atoms with E-state index in [0.717, 1.165) is 41.9 Å². The van der Waals surface area contributed by atoms with Crippen LogP contribution in [0.25, 0.3) is 10.9 Å². The van der Waals surface area contributed by atoms with Crippen molar-refractivity contribution in [2.24, 2.45) is 0 Å². The highest BCUT2D eigenvalue weighted by molar-refractivity contribution is 5.82. The third-order valence-electron chi connectivity index (χ3n) is 5.08. The highest BCUT2D eigenvalue weighted by atomic mass is 15.0. The van der Waals surface area contributed by atoms with E-state index in [1.165, 1.54) is 43.5 Å². The molecule has 27 heavy (non-hydrogen) atoms. The Hall–Kier alpha value is -2.50. The molecule has 0 atom stereocenters.